The van der Waals surface area contributed by atoms with Crippen molar-refractivity contribution in [1.82, 2.24) is 4.31 Å². The van der Waals surface area contributed by atoms with Gasteiger partial charge < -0.3 is 15.6 Å². The number of hydrogen-bond acceptors (Lipinski definition) is 5. The summed E-state index contributed by atoms with van der Waals surface area (Å²) in [5.74, 6) is -0.0713. The van der Waals surface area contributed by atoms with Crippen molar-refractivity contribution in [3.05, 3.63) is 29.8 Å². The summed E-state index contributed by atoms with van der Waals surface area (Å²) in [6, 6.07) is 6.78. The molecule has 1 fully saturated rings. The molecule has 3 N–H and O–H groups in total. The van der Waals surface area contributed by atoms with Crippen molar-refractivity contribution < 1.29 is 18.3 Å². The van der Waals surface area contributed by atoms with E-state index < -0.39 is 16.1 Å². The van der Waals surface area contributed by atoms with Crippen molar-refractivity contribution in [2.75, 3.05) is 25.4 Å². The van der Waals surface area contributed by atoms with Crippen molar-refractivity contribution in [2.24, 2.45) is 0 Å². The molecule has 1 aromatic rings. The molecule has 1 saturated heterocycles. The average molecular weight is 300 g/mol. The topological polar surface area (TPSA) is 92.9 Å². The van der Waals surface area contributed by atoms with Gasteiger partial charge >= 0.3 is 0 Å². The van der Waals surface area contributed by atoms with Gasteiger partial charge in [0.25, 0.3) is 0 Å². The fraction of sp³-hybridized carbons (Fsp3) is 0.538. The molecule has 0 bridgehead atoms. The lowest BCUT2D eigenvalue weighted by atomic mass is 10.2. The van der Waals surface area contributed by atoms with Gasteiger partial charge in [0.05, 0.1) is 24.6 Å². The summed E-state index contributed by atoms with van der Waals surface area (Å²) in [7, 11) is -3.42. The van der Waals surface area contributed by atoms with Crippen molar-refractivity contribution >= 4 is 15.7 Å². The highest BCUT2D eigenvalue weighted by Gasteiger charge is 2.32. The maximum absolute atomic E-state index is 12.4. The minimum Gasteiger partial charge on any atom is -0.399 e. The Labute approximate surface area is 119 Å². The van der Waals surface area contributed by atoms with Gasteiger partial charge in [-0.05, 0) is 24.6 Å². The fourth-order valence-corrected chi connectivity index (χ4v) is 3.87. The molecule has 0 saturated carbocycles. The van der Waals surface area contributed by atoms with Crippen molar-refractivity contribution in [3.63, 3.8) is 0 Å². The summed E-state index contributed by atoms with van der Waals surface area (Å²) in [6.45, 7) is 2.12. The SMILES string of the molecule is CC1CN(S(=O)(=O)Cc2ccc(N)cc2)CC(CO)O1. The van der Waals surface area contributed by atoms with Gasteiger partial charge in [-0.2, -0.15) is 4.31 Å². The minimum absolute atomic E-state index is 0.0713. The van der Waals surface area contributed by atoms with Gasteiger partial charge in [-0.25, -0.2) is 8.42 Å². The second-order valence-electron chi connectivity index (χ2n) is 5.07. The predicted octanol–water partition coefficient (Wildman–Crippen LogP) is 0.180. The first-order chi connectivity index (χ1) is 9.40. The highest BCUT2D eigenvalue weighted by atomic mass is 32.2. The zero-order valence-electron chi connectivity index (χ0n) is 11.4. The Hall–Kier alpha value is -1.15. The highest BCUT2D eigenvalue weighted by molar-refractivity contribution is 7.88. The van der Waals surface area contributed by atoms with E-state index in [9.17, 15) is 8.42 Å². The molecule has 0 aliphatic carbocycles. The first-order valence-electron chi connectivity index (χ1n) is 6.49. The molecule has 0 aromatic heterocycles. The molecular formula is C13H20N2O4S. The Kier molecular flexibility index (Phi) is 4.64. The molecule has 1 aromatic carbocycles. The van der Waals surface area contributed by atoms with Crippen LogP contribution in [0.25, 0.3) is 0 Å². The van der Waals surface area contributed by atoms with Gasteiger partial charge in [0.15, 0.2) is 0 Å². The number of anilines is 1. The van der Waals surface area contributed by atoms with E-state index in [2.05, 4.69) is 0 Å². The lowest BCUT2D eigenvalue weighted by molar-refractivity contribution is -0.0750. The van der Waals surface area contributed by atoms with Gasteiger partial charge in [-0.1, -0.05) is 12.1 Å². The first kappa shape index (κ1) is 15.2. The number of nitrogen functional groups attached to an aromatic ring is 1. The second-order valence-corrected chi connectivity index (χ2v) is 7.03. The maximum atomic E-state index is 12.4. The third-order valence-corrected chi connectivity index (χ3v) is 5.00. The molecule has 1 aliphatic rings. The van der Waals surface area contributed by atoms with Crippen LogP contribution in [0.3, 0.4) is 0 Å². The largest absolute Gasteiger partial charge is 0.399 e. The summed E-state index contributed by atoms with van der Waals surface area (Å²) >= 11 is 0. The summed E-state index contributed by atoms with van der Waals surface area (Å²) < 4.78 is 31.7. The van der Waals surface area contributed by atoms with E-state index in [1.807, 2.05) is 0 Å². The third-order valence-electron chi connectivity index (χ3n) is 3.22. The van der Waals surface area contributed by atoms with Crippen LogP contribution in [0.15, 0.2) is 24.3 Å². The second kappa shape index (κ2) is 6.09. The van der Waals surface area contributed by atoms with E-state index in [4.69, 9.17) is 15.6 Å². The minimum atomic E-state index is -3.42. The number of ether oxygens (including phenoxy) is 1. The maximum Gasteiger partial charge on any atom is 0.218 e. The number of morpholine rings is 1. The molecule has 20 heavy (non-hydrogen) atoms. The fourth-order valence-electron chi connectivity index (χ4n) is 2.25. The van der Waals surface area contributed by atoms with Gasteiger partial charge in [-0.15, -0.1) is 0 Å². The molecule has 2 rings (SSSR count). The molecule has 6 nitrogen and oxygen atoms in total. The zero-order valence-corrected chi connectivity index (χ0v) is 12.2. The van der Waals surface area contributed by atoms with Gasteiger partial charge in [0, 0.05) is 18.8 Å². The van der Waals surface area contributed by atoms with E-state index in [0.29, 0.717) is 17.8 Å². The summed E-state index contributed by atoms with van der Waals surface area (Å²) in [5, 5.41) is 9.15. The van der Waals surface area contributed by atoms with Crippen LogP contribution in [-0.2, 0) is 20.5 Å². The quantitative estimate of drug-likeness (QED) is 0.774. The van der Waals surface area contributed by atoms with E-state index in [1.165, 1.54) is 4.31 Å². The predicted molar refractivity (Wildman–Crippen MR) is 76.5 cm³/mol. The molecule has 1 aliphatic heterocycles. The van der Waals surface area contributed by atoms with E-state index in [-0.39, 0.29) is 25.0 Å². The van der Waals surface area contributed by atoms with E-state index >= 15 is 0 Å². The molecule has 0 spiro atoms. The number of aliphatic hydroxyl groups excluding tert-OH is 1. The van der Waals surface area contributed by atoms with E-state index in [1.54, 1.807) is 31.2 Å². The molecule has 0 radical (unpaired) electrons. The highest BCUT2D eigenvalue weighted by Crippen LogP contribution is 2.18. The molecule has 0 amide bonds. The number of hydrogen-bond donors (Lipinski definition) is 2. The average Bonchev–Trinajstić information content (AvgIpc) is 2.40. The monoisotopic (exact) mass is 300 g/mol. The first-order valence-corrected chi connectivity index (χ1v) is 8.10. The van der Waals surface area contributed by atoms with Crippen LogP contribution in [-0.4, -0.2) is 49.7 Å². The number of benzene rings is 1. The molecule has 2 atom stereocenters. The third kappa shape index (κ3) is 3.69. The van der Waals surface area contributed by atoms with Crippen LogP contribution < -0.4 is 5.73 Å². The van der Waals surface area contributed by atoms with Gasteiger partial charge in [0.1, 0.15) is 0 Å². The molecule has 112 valence electrons. The molecule has 7 heteroatoms. The normalized spacial score (nSPS) is 24.7. The Morgan fingerprint density at radius 1 is 1.35 bits per heavy atom. The van der Waals surface area contributed by atoms with E-state index in [0.717, 1.165) is 0 Å². The van der Waals surface area contributed by atoms with Crippen molar-refractivity contribution in [1.29, 1.82) is 0 Å². The molecule has 2 unspecified atom stereocenters. The smallest absolute Gasteiger partial charge is 0.218 e. The van der Waals surface area contributed by atoms with Gasteiger partial charge in [0.2, 0.25) is 10.0 Å². The number of sulfonamides is 1. The van der Waals surface area contributed by atoms with Crippen LogP contribution in [0, 0.1) is 0 Å². The van der Waals surface area contributed by atoms with Gasteiger partial charge in [-0.3, -0.25) is 0 Å². The molecule has 1 heterocycles. The van der Waals surface area contributed by atoms with Crippen LogP contribution >= 0.6 is 0 Å². The lowest BCUT2D eigenvalue weighted by Gasteiger charge is -2.35. The standard InChI is InChI=1S/C13H20N2O4S/c1-10-6-15(7-13(8-16)19-10)20(17,18)9-11-2-4-12(14)5-3-11/h2-5,10,13,16H,6-9,14H2,1H3. The number of aliphatic hydroxyl groups is 1. The summed E-state index contributed by atoms with van der Waals surface area (Å²) in [5.41, 5.74) is 6.88. The Balaban J connectivity index is 2.11. The van der Waals surface area contributed by atoms with Crippen LogP contribution in [0.2, 0.25) is 0 Å². The molecular weight excluding hydrogens is 280 g/mol. The Morgan fingerprint density at radius 2 is 2.00 bits per heavy atom. The van der Waals surface area contributed by atoms with Crippen molar-refractivity contribution in [3.8, 4) is 0 Å². The number of nitrogens with zero attached hydrogens (tertiary/aromatic N) is 1. The summed E-state index contributed by atoms with van der Waals surface area (Å²) in [6.07, 6.45) is -0.679. The van der Waals surface area contributed by atoms with Crippen LogP contribution in [0.4, 0.5) is 5.69 Å². The van der Waals surface area contributed by atoms with Crippen LogP contribution in [0.1, 0.15) is 12.5 Å². The number of nitrogens with two attached hydrogens (primary N) is 1. The number of rotatable bonds is 4. The van der Waals surface area contributed by atoms with Crippen LogP contribution in [0.5, 0.6) is 0 Å². The zero-order chi connectivity index (χ0) is 14.8. The Morgan fingerprint density at radius 3 is 2.60 bits per heavy atom. The van der Waals surface area contributed by atoms with Crippen molar-refractivity contribution in [2.45, 2.75) is 24.9 Å². The summed E-state index contributed by atoms with van der Waals surface area (Å²) in [4.78, 5) is 0. The lowest BCUT2D eigenvalue weighted by Crippen LogP contribution is -2.50. The Bertz CT molecular complexity index is 544.